The molecule has 1 N–H and O–H groups in total. The number of pyridine rings is 1. The van der Waals surface area contributed by atoms with Gasteiger partial charge in [-0.3, -0.25) is 0 Å². The van der Waals surface area contributed by atoms with E-state index in [1.165, 1.54) is 0 Å². The molecule has 1 fully saturated rings. The van der Waals surface area contributed by atoms with E-state index in [4.69, 9.17) is 0 Å². The van der Waals surface area contributed by atoms with E-state index in [0.717, 1.165) is 40.5 Å². The van der Waals surface area contributed by atoms with Crippen molar-refractivity contribution in [3.8, 4) is 0 Å². The summed E-state index contributed by atoms with van der Waals surface area (Å²) in [6.45, 7) is 4.95. The first-order valence-electron chi connectivity index (χ1n) is 9.00. The lowest BCUT2D eigenvalue weighted by molar-refractivity contribution is 0.312. The Labute approximate surface area is 152 Å². The summed E-state index contributed by atoms with van der Waals surface area (Å²) in [5, 5.41) is 1.96. The summed E-state index contributed by atoms with van der Waals surface area (Å²) >= 11 is 0. The molecule has 3 aromatic rings. The molecule has 0 radical (unpaired) electrons. The minimum absolute atomic E-state index is 0.0664. The molecule has 1 saturated heterocycles. The van der Waals surface area contributed by atoms with Gasteiger partial charge >= 0.3 is 0 Å². The number of aromatic nitrogens is 4. The molecule has 0 aliphatic carbocycles. The zero-order chi connectivity index (χ0) is 18.3. The monoisotopic (exact) mass is 373 g/mol. The summed E-state index contributed by atoms with van der Waals surface area (Å²) in [5.74, 6) is 0.374. The van der Waals surface area contributed by atoms with E-state index in [1.54, 1.807) is 16.8 Å². The van der Waals surface area contributed by atoms with E-state index in [9.17, 15) is 8.42 Å². The molecule has 0 aromatic carbocycles. The number of hydrogen-bond donors (Lipinski definition) is 1. The van der Waals surface area contributed by atoms with E-state index in [1.807, 2.05) is 26.1 Å². The van der Waals surface area contributed by atoms with E-state index in [0.29, 0.717) is 13.1 Å². The van der Waals surface area contributed by atoms with Crippen LogP contribution in [0.1, 0.15) is 38.3 Å². The molecule has 0 saturated carbocycles. The van der Waals surface area contributed by atoms with Crippen LogP contribution in [-0.4, -0.2) is 51.5 Å². The summed E-state index contributed by atoms with van der Waals surface area (Å²) in [4.78, 5) is 16.4. The quantitative estimate of drug-likeness (QED) is 0.759. The van der Waals surface area contributed by atoms with Gasteiger partial charge in [0.2, 0.25) is 10.0 Å². The molecule has 1 atom stereocenters. The minimum Gasteiger partial charge on any atom is -0.346 e. The third-order valence-electron chi connectivity index (χ3n) is 4.92. The number of piperidine rings is 1. The maximum absolute atomic E-state index is 12.7. The second-order valence-electron chi connectivity index (χ2n) is 7.39. The number of aromatic amines is 1. The lowest BCUT2D eigenvalue weighted by atomic mass is 9.93. The van der Waals surface area contributed by atoms with Crippen LogP contribution in [0.2, 0.25) is 0 Å². The molecule has 1 aliphatic heterocycles. The molecule has 8 heteroatoms. The van der Waals surface area contributed by atoms with Crippen LogP contribution in [0.25, 0.3) is 21.9 Å². The first kappa shape index (κ1) is 17.4. The van der Waals surface area contributed by atoms with Crippen molar-refractivity contribution in [1.82, 2.24) is 24.2 Å². The van der Waals surface area contributed by atoms with Crippen molar-refractivity contribution < 1.29 is 8.42 Å². The van der Waals surface area contributed by atoms with Crippen LogP contribution in [0.4, 0.5) is 0 Å². The lowest BCUT2D eigenvalue weighted by Gasteiger charge is -2.32. The van der Waals surface area contributed by atoms with Gasteiger partial charge in [-0.05, 0) is 24.8 Å². The molecule has 4 heterocycles. The van der Waals surface area contributed by atoms with Crippen LogP contribution in [-0.2, 0) is 10.0 Å². The Bertz CT molecular complexity index is 1040. The largest absolute Gasteiger partial charge is 0.346 e. The number of hydrogen-bond acceptors (Lipinski definition) is 5. The van der Waals surface area contributed by atoms with Crippen LogP contribution < -0.4 is 0 Å². The molecule has 26 heavy (non-hydrogen) atoms. The fraction of sp³-hybridized carbons (Fsp3) is 0.500. The van der Waals surface area contributed by atoms with Gasteiger partial charge in [0.05, 0.1) is 23.2 Å². The van der Waals surface area contributed by atoms with Crippen molar-refractivity contribution in [2.75, 3.05) is 18.8 Å². The van der Waals surface area contributed by atoms with Gasteiger partial charge in [0, 0.05) is 36.0 Å². The highest BCUT2D eigenvalue weighted by Gasteiger charge is 2.31. The van der Waals surface area contributed by atoms with Crippen molar-refractivity contribution in [3.63, 3.8) is 0 Å². The molecular weight excluding hydrogens is 350 g/mol. The van der Waals surface area contributed by atoms with Crippen LogP contribution in [0.15, 0.2) is 24.8 Å². The number of nitrogens with one attached hydrogen (secondary N) is 1. The maximum Gasteiger partial charge on any atom is 0.214 e. The van der Waals surface area contributed by atoms with Crippen molar-refractivity contribution in [1.29, 1.82) is 0 Å². The van der Waals surface area contributed by atoms with Gasteiger partial charge in [0.15, 0.2) is 0 Å². The first-order chi connectivity index (χ1) is 12.5. The van der Waals surface area contributed by atoms with E-state index in [-0.39, 0.29) is 17.6 Å². The van der Waals surface area contributed by atoms with Gasteiger partial charge in [0.1, 0.15) is 12.0 Å². The first-order valence-corrected chi connectivity index (χ1v) is 10.6. The number of nitrogens with zero attached hydrogens (tertiary/aromatic N) is 4. The molecule has 0 amide bonds. The van der Waals surface area contributed by atoms with Gasteiger partial charge in [0.25, 0.3) is 0 Å². The average molecular weight is 373 g/mol. The van der Waals surface area contributed by atoms with E-state index < -0.39 is 10.0 Å². The van der Waals surface area contributed by atoms with Crippen LogP contribution in [0.3, 0.4) is 0 Å². The number of sulfonamides is 1. The SMILES string of the molecule is CC(C)CS(=O)(=O)N1CCCC(c2ncnc3cnc4[nH]ccc4c23)C1. The van der Waals surface area contributed by atoms with Crippen LogP contribution >= 0.6 is 0 Å². The summed E-state index contributed by atoms with van der Waals surface area (Å²) < 4.78 is 27.0. The molecule has 0 bridgehead atoms. The normalized spacial score (nSPS) is 19.6. The summed E-state index contributed by atoms with van der Waals surface area (Å²) in [5.41, 5.74) is 2.52. The highest BCUT2D eigenvalue weighted by atomic mass is 32.2. The number of fused-ring (bicyclic) bond motifs is 3. The zero-order valence-electron chi connectivity index (χ0n) is 15.0. The smallest absolute Gasteiger partial charge is 0.214 e. The second-order valence-corrected chi connectivity index (χ2v) is 9.40. The van der Waals surface area contributed by atoms with Crippen molar-refractivity contribution in [2.24, 2.45) is 5.92 Å². The number of H-pyrrole nitrogens is 1. The Hall–Kier alpha value is -2.06. The van der Waals surface area contributed by atoms with Crippen LogP contribution in [0, 0.1) is 5.92 Å². The highest BCUT2D eigenvalue weighted by molar-refractivity contribution is 7.89. The fourth-order valence-electron chi connectivity index (χ4n) is 3.84. The molecule has 4 rings (SSSR count). The molecule has 7 nitrogen and oxygen atoms in total. The Balaban J connectivity index is 1.75. The molecule has 0 spiro atoms. The van der Waals surface area contributed by atoms with Crippen LogP contribution in [0.5, 0.6) is 0 Å². The highest BCUT2D eigenvalue weighted by Crippen LogP contribution is 2.34. The maximum atomic E-state index is 12.7. The third-order valence-corrected chi connectivity index (χ3v) is 7.13. The molecule has 138 valence electrons. The predicted octanol–water partition coefficient (Wildman–Crippen LogP) is 2.67. The standard InChI is InChI=1S/C18H23N5O2S/c1-12(2)10-26(24,25)23-7-3-4-13(9-23)17-16-14-5-6-19-18(14)20-8-15(16)21-11-22-17/h5-6,8,11-13H,3-4,7,9-10H2,1-2H3,(H,19,20). The second kappa shape index (κ2) is 6.59. The third kappa shape index (κ3) is 3.07. The van der Waals surface area contributed by atoms with Crippen molar-refractivity contribution in [2.45, 2.75) is 32.6 Å². The van der Waals surface area contributed by atoms with Gasteiger partial charge < -0.3 is 4.98 Å². The fourth-order valence-corrected chi connectivity index (χ4v) is 5.70. The summed E-state index contributed by atoms with van der Waals surface area (Å²) in [7, 11) is -3.24. The Morgan fingerprint density at radius 3 is 2.96 bits per heavy atom. The zero-order valence-corrected chi connectivity index (χ0v) is 15.8. The number of rotatable bonds is 4. The molecule has 1 aliphatic rings. The summed E-state index contributed by atoms with van der Waals surface area (Å²) in [6, 6.07) is 1.98. The van der Waals surface area contributed by atoms with Gasteiger partial charge in [-0.2, -0.15) is 0 Å². The Morgan fingerprint density at radius 2 is 2.15 bits per heavy atom. The van der Waals surface area contributed by atoms with Gasteiger partial charge in [-0.1, -0.05) is 13.8 Å². The van der Waals surface area contributed by atoms with E-state index in [2.05, 4.69) is 19.9 Å². The molecule has 3 aromatic heterocycles. The van der Waals surface area contributed by atoms with E-state index >= 15 is 0 Å². The van der Waals surface area contributed by atoms with Crippen molar-refractivity contribution >= 4 is 32.0 Å². The average Bonchev–Trinajstić information content (AvgIpc) is 3.09. The van der Waals surface area contributed by atoms with Crippen molar-refractivity contribution in [3.05, 3.63) is 30.5 Å². The lowest BCUT2D eigenvalue weighted by Crippen LogP contribution is -2.41. The van der Waals surface area contributed by atoms with Gasteiger partial charge in [-0.25, -0.2) is 27.7 Å². The molecule has 1 unspecified atom stereocenters. The topological polar surface area (TPSA) is 91.8 Å². The summed E-state index contributed by atoms with van der Waals surface area (Å²) in [6.07, 6.45) is 6.92. The Morgan fingerprint density at radius 1 is 1.31 bits per heavy atom. The molecular formula is C18H23N5O2S. The minimum atomic E-state index is -3.24. The predicted molar refractivity (Wildman–Crippen MR) is 101 cm³/mol. The Kier molecular flexibility index (Phi) is 4.40. The van der Waals surface area contributed by atoms with Gasteiger partial charge in [-0.15, -0.1) is 0 Å².